The first-order chi connectivity index (χ1) is 11.3. The van der Waals surface area contributed by atoms with Crippen molar-refractivity contribution in [2.24, 2.45) is 0 Å². The highest BCUT2D eigenvalue weighted by atomic mass is 16.2. The van der Waals surface area contributed by atoms with Crippen molar-refractivity contribution in [2.45, 2.75) is 59.7 Å². The van der Waals surface area contributed by atoms with Crippen molar-refractivity contribution >= 4 is 16.8 Å². The highest BCUT2D eigenvalue weighted by molar-refractivity contribution is 5.84. The minimum atomic E-state index is -0.650. The van der Waals surface area contributed by atoms with Gasteiger partial charge in [-0.1, -0.05) is 18.6 Å². The molecule has 0 unspecified atom stereocenters. The van der Waals surface area contributed by atoms with Gasteiger partial charge in [-0.15, -0.1) is 0 Å². The first-order valence-electron chi connectivity index (χ1n) is 8.37. The molecule has 0 saturated heterocycles. The van der Waals surface area contributed by atoms with Gasteiger partial charge in [0, 0.05) is 12.6 Å². The van der Waals surface area contributed by atoms with E-state index in [1.807, 2.05) is 33.8 Å². The zero-order valence-corrected chi connectivity index (χ0v) is 14.9. The molecule has 6 heteroatoms. The number of aryl methyl sites for hydroxylation is 1. The molecule has 1 amide bonds. The lowest BCUT2D eigenvalue weighted by Gasteiger charge is -2.22. The zero-order valence-electron chi connectivity index (χ0n) is 14.9. The van der Waals surface area contributed by atoms with E-state index in [2.05, 4.69) is 5.32 Å². The number of amides is 1. The molecule has 0 aliphatic heterocycles. The number of aromatic nitrogens is 2. The normalized spacial score (nSPS) is 12.6. The van der Waals surface area contributed by atoms with Crippen LogP contribution in [0.5, 0.6) is 0 Å². The second-order valence-corrected chi connectivity index (χ2v) is 6.31. The third kappa shape index (κ3) is 3.13. The third-order valence-corrected chi connectivity index (χ3v) is 4.07. The quantitative estimate of drug-likeness (QED) is 0.910. The average molecular weight is 331 g/mol. The van der Waals surface area contributed by atoms with Gasteiger partial charge >= 0.3 is 5.69 Å². The SMILES string of the molecule is CC[C@@H](C(=O)NC(C)C)n1c(=O)n(CC)c(=O)c2cc(C)ccc21. The molecule has 0 saturated carbocycles. The van der Waals surface area contributed by atoms with Gasteiger partial charge in [-0.25, -0.2) is 4.79 Å². The van der Waals surface area contributed by atoms with E-state index in [0.29, 0.717) is 17.3 Å². The van der Waals surface area contributed by atoms with Gasteiger partial charge in [0.25, 0.3) is 5.56 Å². The first-order valence-corrected chi connectivity index (χ1v) is 8.37. The molecule has 0 bridgehead atoms. The highest BCUT2D eigenvalue weighted by Crippen LogP contribution is 2.18. The maximum absolute atomic E-state index is 12.9. The summed E-state index contributed by atoms with van der Waals surface area (Å²) < 4.78 is 2.64. The molecule has 2 aromatic rings. The molecule has 0 fully saturated rings. The molecule has 1 N–H and O–H groups in total. The Kier molecular flexibility index (Phi) is 5.26. The van der Waals surface area contributed by atoms with E-state index in [4.69, 9.17) is 0 Å². The van der Waals surface area contributed by atoms with Gasteiger partial charge in [-0.3, -0.25) is 18.7 Å². The maximum atomic E-state index is 12.9. The summed E-state index contributed by atoms with van der Waals surface area (Å²) in [5.74, 6) is -0.210. The Labute approximate surface area is 141 Å². The van der Waals surface area contributed by atoms with Crippen LogP contribution in [0.15, 0.2) is 27.8 Å². The molecule has 2 rings (SSSR count). The van der Waals surface area contributed by atoms with Crippen LogP contribution in [-0.4, -0.2) is 21.1 Å². The van der Waals surface area contributed by atoms with E-state index in [9.17, 15) is 14.4 Å². The third-order valence-electron chi connectivity index (χ3n) is 4.07. The zero-order chi connectivity index (χ0) is 18.0. The Morgan fingerprint density at radius 3 is 2.42 bits per heavy atom. The predicted octanol–water partition coefficient (Wildman–Crippen LogP) is 1.97. The number of rotatable bonds is 5. The Bertz CT molecular complexity index is 877. The van der Waals surface area contributed by atoms with Crippen LogP contribution in [0.2, 0.25) is 0 Å². The lowest BCUT2D eigenvalue weighted by atomic mass is 10.1. The van der Waals surface area contributed by atoms with Gasteiger partial charge in [-0.2, -0.15) is 0 Å². The van der Waals surface area contributed by atoms with Crippen molar-refractivity contribution < 1.29 is 4.79 Å². The van der Waals surface area contributed by atoms with Gasteiger partial charge < -0.3 is 5.32 Å². The molecule has 130 valence electrons. The number of hydrogen-bond donors (Lipinski definition) is 1. The predicted molar refractivity (Wildman–Crippen MR) is 95.5 cm³/mol. The molecule has 0 aliphatic carbocycles. The van der Waals surface area contributed by atoms with E-state index in [0.717, 1.165) is 5.56 Å². The fourth-order valence-electron chi connectivity index (χ4n) is 2.94. The summed E-state index contributed by atoms with van der Waals surface area (Å²) in [6, 6.07) is 4.70. The summed E-state index contributed by atoms with van der Waals surface area (Å²) in [7, 11) is 0. The number of nitrogens with one attached hydrogen (secondary N) is 1. The maximum Gasteiger partial charge on any atom is 0.332 e. The molecule has 24 heavy (non-hydrogen) atoms. The molecular formula is C18H25N3O3. The Hall–Kier alpha value is -2.37. The van der Waals surface area contributed by atoms with E-state index < -0.39 is 11.7 Å². The molecule has 0 spiro atoms. The van der Waals surface area contributed by atoms with E-state index in [-0.39, 0.29) is 24.1 Å². The fraction of sp³-hybridized carbons (Fsp3) is 0.500. The summed E-state index contributed by atoms with van der Waals surface area (Å²) in [5.41, 5.74) is 0.694. The second-order valence-electron chi connectivity index (χ2n) is 6.31. The summed E-state index contributed by atoms with van der Waals surface area (Å²) in [5, 5.41) is 3.33. The molecule has 6 nitrogen and oxygen atoms in total. The largest absolute Gasteiger partial charge is 0.352 e. The van der Waals surface area contributed by atoms with Gasteiger partial charge in [-0.05, 0) is 46.2 Å². The summed E-state index contributed by atoms with van der Waals surface area (Å²) in [4.78, 5) is 38.0. The van der Waals surface area contributed by atoms with Crippen molar-refractivity contribution in [1.82, 2.24) is 14.5 Å². The van der Waals surface area contributed by atoms with Gasteiger partial charge in [0.15, 0.2) is 0 Å². The standard InChI is InChI=1S/C18H25N3O3/c1-6-14(16(22)19-11(3)4)21-15-9-8-12(5)10-13(15)17(23)20(7-2)18(21)24/h8-11,14H,6-7H2,1-5H3,(H,19,22)/t14-/m0/s1. The van der Waals surface area contributed by atoms with Crippen LogP contribution in [0, 0.1) is 6.92 Å². The number of fused-ring (bicyclic) bond motifs is 1. The fourth-order valence-corrected chi connectivity index (χ4v) is 2.94. The number of hydrogen-bond acceptors (Lipinski definition) is 3. The minimum Gasteiger partial charge on any atom is -0.352 e. The molecule has 1 atom stereocenters. The van der Waals surface area contributed by atoms with Crippen molar-refractivity contribution in [2.75, 3.05) is 0 Å². The summed E-state index contributed by atoms with van der Waals surface area (Å²) in [6.07, 6.45) is 0.462. The molecule has 1 aromatic heterocycles. The van der Waals surface area contributed by atoms with Crippen LogP contribution in [0.25, 0.3) is 10.9 Å². The van der Waals surface area contributed by atoms with Gasteiger partial charge in [0.2, 0.25) is 5.91 Å². The second kappa shape index (κ2) is 7.03. The van der Waals surface area contributed by atoms with Gasteiger partial charge in [0.1, 0.15) is 6.04 Å². The molecule has 1 aromatic carbocycles. The topological polar surface area (TPSA) is 73.1 Å². The highest BCUT2D eigenvalue weighted by Gasteiger charge is 2.24. The Morgan fingerprint density at radius 2 is 1.88 bits per heavy atom. The van der Waals surface area contributed by atoms with Gasteiger partial charge in [0.05, 0.1) is 10.9 Å². The van der Waals surface area contributed by atoms with Crippen LogP contribution in [-0.2, 0) is 11.3 Å². The molecular weight excluding hydrogens is 306 g/mol. The average Bonchev–Trinajstić information content (AvgIpc) is 2.51. The lowest BCUT2D eigenvalue weighted by Crippen LogP contribution is -2.45. The number of benzene rings is 1. The van der Waals surface area contributed by atoms with E-state index in [1.54, 1.807) is 19.1 Å². The summed E-state index contributed by atoms with van der Waals surface area (Å²) in [6.45, 7) is 9.53. The monoisotopic (exact) mass is 331 g/mol. The Morgan fingerprint density at radius 1 is 1.21 bits per heavy atom. The van der Waals surface area contributed by atoms with Crippen molar-refractivity contribution in [3.63, 3.8) is 0 Å². The van der Waals surface area contributed by atoms with E-state index in [1.165, 1.54) is 9.13 Å². The van der Waals surface area contributed by atoms with Crippen molar-refractivity contribution in [3.8, 4) is 0 Å². The number of carbonyl (C=O) groups excluding carboxylic acids is 1. The lowest BCUT2D eigenvalue weighted by molar-refractivity contribution is -0.124. The molecule has 0 radical (unpaired) electrons. The smallest absolute Gasteiger partial charge is 0.332 e. The van der Waals surface area contributed by atoms with Crippen LogP contribution in [0.3, 0.4) is 0 Å². The minimum absolute atomic E-state index is 0.0205. The van der Waals surface area contributed by atoms with Crippen LogP contribution in [0.1, 0.15) is 45.7 Å². The first kappa shape index (κ1) is 18.0. The number of nitrogens with zero attached hydrogens (tertiary/aromatic N) is 2. The van der Waals surface area contributed by atoms with Crippen LogP contribution < -0.4 is 16.6 Å². The molecule has 1 heterocycles. The van der Waals surface area contributed by atoms with Crippen LogP contribution in [0.4, 0.5) is 0 Å². The summed E-state index contributed by atoms with van der Waals surface area (Å²) >= 11 is 0. The van der Waals surface area contributed by atoms with Crippen molar-refractivity contribution in [3.05, 3.63) is 44.6 Å². The number of carbonyl (C=O) groups is 1. The van der Waals surface area contributed by atoms with Crippen LogP contribution >= 0.6 is 0 Å². The van der Waals surface area contributed by atoms with E-state index >= 15 is 0 Å². The Balaban J connectivity index is 2.83. The van der Waals surface area contributed by atoms with Crippen molar-refractivity contribution in [1.29, 1.82) is 0 Å². The molecule has 0 aliphatic rings.